The minimum absolute atomic E-state index is 0. The second kappa shape index (κ2) is 17.5. The summed E-state index contributed by atoms with van der Waals surface area (Å²) in [7, 11) is -1.29. The number of benzene rings is 3. The van der Waals surface area contributed by atoms with Gasteiger partial charge in [-0.25, -0.2) is 0 Å². The number of pyridine rings is 1. The largest absolute Gasteiger partial charge is 3.00 e. The second-order valence-corrected chi connectivity index (χ2v) is 17.9. The van der Waals surface area contributed by atoms with Gasteiger partial charge in [-0.05, 0) is 32.9 Å². The molecule has 42 heavy (non-hydrogen) atoms. The van der Waals surface area contributed by atoms with Gasteiger partial charge < -0.3 is 11.7 Å². The molecule has 2 atom stereocenters. The molecule has 1 heterocycles. The third kappa shape index (κ3) is 12.4. The average Bonchev–Trinajstić information content (AvgIpc) is 3.46. The van der Waals surface area contributed by atoms with Crippen LogP contribution in [0.5, 0.6) is 0 Å². The van der Waals surface area contributed by atoms with E-state index in [1.54, 1.807) is 0 Å². The molecule has 1 aliphatic carbocycles. The van der Waals surface area contributed by atoms with Crippen molar-refractivity contribution in [3.63, 3.8) is 0 Å². The summed E-state index contributed by atoms with van der Waals surface area (Å²) in [6.07, 6.45) is 6.19. The van der Waals surface area contributed by atoms with Crippen molar-refractivity contribution in [1.82, 2.24) is 4.98 Å². The SMILES string of the molecule is Cc1cc(C)c([N-]C(C[Si](C)(C)C)c2cccc(C3[CH-]CCC3)n2)c(C)c1.[CH2-]c1ccccc1.[CH2-]c1ccccc1.[Zr+3]. The van der Waals surface area contributed by atoms with Gasteiger partial charge in [-0.3, -0.25) is 4.98 Å². The Balaban J connectivity index is 0.000000334. The summed E-state index contributed by atoms with van der Waals surface area (Å²) >= 11 is 0. The van der Waals surface area contributed by atoms with E-state index in [0.29, 0.717) is 5.92 Å². The zero-order chi connectivity index (χ0) is 29.8. The predicted octanol–water partition coefficient (Wildman–Crippen LogP) is 11.3. The summed E-state index contributed by atoms with van der Waals surface area (Å²) in [5, 5.41) is 5.28. The molecule has 1 aliphatic rings. The predicted molar refractivity (Wildman–Crippen MR) is 181 cm³/mol. The van der Waals surface area contributed by atoms with E-state index in [0.717, 1.165) is 28.6 Å². The van der Waals surface area contributed by atoms with Gasteiger partial charge in [-0.2, -0.15) is 55.7 Å². The first kappa shape index (κ1) is 35.6. The fourth-order valence-electron chi connectivity index (χ4n) is 5.19. The zero-order valence-corrected chi connectivity index (χ0v) is 30.0. The molecule has 1 saturated carbocycles. The summed E-state index contributed by atoms with van der Waals surface area (Å²) in [6.45, 7) is 21.3. The van der Waals surface area contributed by atoms with Crippen LogP contribution in [0.4, 0.5) is 5.69 Å². The molecule has 0 bridgehead atoms. The van der Waals surface area contributed by atoms with E-state index in [9.17, 15) is 0 Å². The van der Waals surface area contributed by atoms with Crippen molar-refractivity contribution in [2.45, 2.75) is 77.7 Å². The van der Waals surface area contributed by atoms with Crippen LogP contribution in [0, 0.1) is 41.0 Å². The normalized spacial score (nSPS) is 14.8. The van der Waals surface area contributed by atoms with Gasteiger partial charge in [0, 0.05) is 19.5 Å². The van der Waals surface area contributed by atoms with Gasteiger partial charge in [-0.1, -0.05) is 91.6 Å². The maximum absolute atomic E-state index is 5.28. The van der Waals surface area contributed by atoms with E-state index in [-0.39, 0.29) is 32.2 Å². The average molecular weight is 652 g/mol. The molecule has 0 spiro atoms. The number of rotatable bonds is 6. The molecule has 4 heteroatoms. The van der Waals surface area contributed by atoms with Crippen LogP contribution in [0.3, 0.4) is 0 Å². The molecule has 1 fully saturated rings. The van der Waals surface area contributed by atoms with Crippen molar-refractivity contribution in [1.29, 1.82) is 0 Å². The monoisotopic (exact) mass is 650 g/mol. The van der Waals surface area contributed by atoms with Crippen molar-refractivity contribution in [3.8, 4) is 0 Å². The molecule has 0 saturated heterocycles. The summed E-state index contributed by atoms with van der Waals surface area (Å²) < 4.78 is 0. The first-order valence-electron chi connectivity index (χ1n) is 14.8. The summed E-state index contributed by atoms with van der Waals surface area (Å²) in [5.41, 5.74) is 9.53. The fourth-order valence-corrected chi connectivity index (χ4v) is 6.65. The van der Waals surface area contributed by atoms with E-state index in [1.165, 1.54) is 41.6 Å². The van der Waals surface area contributed by atoms with Crippen LogP contribution in [0.15, 0.2) is 91.0 Å². The fraction of sp³-hybridized carbons (Fsp3) is 0.316. The molecule has 0 amide bonds. The Morgan fingerprint density at radius 3 is 1.81 bits per heavy atom. The molecule has 2 nitrogen and oxygen atoms in total. The molecule has 3 aromatic carbocycles. The number of aryl methyl sites for hydroxylation is 3. The third-order valence-corrected chi connectivity index (χ3v) is 8.71. The minimum atomic E-state index is -1.29. The van der Waals surface area contributed by atoms with Crippen molar-refractivity contribution >= 4 is 13.8 Å². The number of aromatic nitrogens is 1. The van der Waals surface area contributed by atoms with Gasteiger partial charge in [0.15, 0.2) is 0 Å². The molecule has 4 aromatic rings. The molecule has 1 aromatic heterocycles. The van der Waals surface area contributed by atoms with Gasteiger partial charge in [0.25, 0.3) is 0 Å². The first-order valence-corrected chi connectivity index (χ1v) is 18.6. The van der Waals surface area contributed by atoms with E-state index in [2.05, 4.69) is 91.0 Å². The van der Waals surface area contributed by atoms with Crippen molar-refractivity contribution in [2.75, 3.05) is 0 Å². The maximum atomic E-state index is 5.28. The minimum Gasteiger partial charge on any atom is -0.677 e. The van der Waals surface area contributed by atoms with Crippen molar-refractivity contribution < 1.29 is 26.2 Å². The van der Waals surface area contributed by atoms with Gasteiger partial charge in [0.05, 0.1) is 0 Å². The summed E-state index contributed by atoms with van der Waals surface area (Å²) in [6, 6.07) is 32.1. The van der Waals surface area contributed by atoms with Crippen LogP contribution in [0.2, 0.25) is 25.7 Å². The van der Waals surface area contributed by atoms with E-state index < -0.39 is 8.07 Å². The second-order valence-electron chi connectivity index (χ2n) is 12.4. The van der Waals surface area contributed by atoms with Crippen LogP contribution in [0.25, 0.3) is 5.32 Å². The van der Waals surface area contributed by atoms with Crippen molar-refractivity contribution in [2.24, 2.45) is 0 Å². The van der Waals surface area contributed by atoms with Crippen LogP contribution in [-0.4, -0.2) is 13.1 Å². The zero-order valence-electron chi connectivity index (χ0n) is 26.5. The Morgan fingerprint density at radius 1 is 0.833 bits per heavy atom. The molecule has 1 radical (unpaired) electrons. The van der Waals surface area contributed by atoms with Gasteiger partial charge in [0.1, 0.15) is 0 Å². The third-order valence-electron chi connectivity index (χ3n) is 7.10. The van der Waals surface area contributed by atoms with Crippen LogP contribution in [-0.2, 0) is 26.2 Å². The smallest absolute Gasteiger partial charge is 0.677 e. The molecule has 0 aliphatic heterocycles. The van der Waals surface area contributed by atoms with Gasteiger partial charge in [0.2, 0.25) is 0 Å². The maximum Gasteiger partial charge on any atom is 3.00 e. The number of hydrogen-bond donors (Lipinski definition) is 0. The molecule has 219 valence electrons. The van der Waals surface area contributed by atoms with Crippen LogP contribution >= 0.6 is 0 Å². The number of nitrogens with zero attached hydrogens (tertiary/aromatic N) is 2. The van der Waals surface area contributed by atoms with E-state index in [4.69, 9.17) is 10.3 Å². The quantitative estimate of drug-likeness (QED) is 0.151. The Bertz CT molecular complexity index is 1270. The summed E-state index contributed by atoms with van der Waals surface area (Å²) in [5.74, 6) is 0.528. The van der Waals surface area contributed by atoms with Crippen molar-refractivity contribution in [3.05, 3.63) is 156 Å². The first-order chi connectivity index (χ1) is 19.5. The van der Waals surface area contributed by atoms with Crippen LogP contribution < -0.4 is 0 Å². The molecular formula is C38H48N2SiZr-. The van der Waals surface area contributed by atoms with Gasteiger partial charge in [-0.15, -0.1) is 35.9 Å². The molecular weight excluding hydrogens is 604 g/mol. The van der Waals surface area contributed by atoms with E-state index in [1.807, 2.05) is 60.7 Å². The standard InChI is InChI=1S/C24H34N2Si.2C7H7.Zr/c1-17-14-18(2)24(19(3)15-17)26-23(16-27(4,5)6)22-13-9-12-21(25-22)20-10-7-8-11-20;2*1-7-5-3-2-4-6-7;/h9-10,12-15,20,23H,7-8,11,16H2,1-6H3;2*2-6H,1H2;/q-2;2*-1;+3. The van der Waals surface area contributed by atoms with Gasteiger partial charge >= 0.3 is 26.2 Å². The van der Waals surface area contributed by atoms with E-state index >= 15 is 0 Å². The Labute approximate surface area is 276 Å². The molecule has 5 rings (SSSR count). The topological polar surface area (TPSA) is 27.0 Å². The summed E-state index contributed by atoms with van der Waals surface area (Å²) in [4.78, 5) is 5.11. The molecule has 0 N–H and O–H groups in total. The molecule has 2 unspecified atom stereocenters. The Morgan fingerprint density at radius 2 is 1.38 bits per heavy atom. The Kier molecular flexibility index (Phi) is 14.9. The Hall–Kier alpha value is -2.55. The number of hydrogen-bond acceptors (Lipinski definition) is 1. The van der Waals surface area contributed by atoms with Crippen LogP contribution in [0.1, 0.15) is 70.4 Å².